The Morgan fingerprint density at radius 2 is 1.15 bits per heavy atom. The van der Waals surface area contributed by atoms with Gasteiger partial charge in [-0.05, 0) is 70.7 Å². The summed E-state index contributed by atoms with van der Waals surface area (Å²) >= 11 is 0. The van der Waals surface area contributed by atoms with Crippen molar-refractivity contribution in [2.24, 2.45) is 0 Å². The summed E-state index contributed by atoms with van der Waals surface area (Å²) in [7, 11) is 1.59. The first kappa shape index (κ1) is 20.2. The molecule has 0 unspecified atom stereocenters. The molecule has 2 aromatic rings. The number of methoxy groups -OCH3 is 1. The number of hydrogen-bond acceptors (Lipinski definition) is 3. The molecule has 3 nitrogen and oxygen atoms in total. The Balaban J connectivity index is 2.97. The first-order valence-electron chi connectivity index (χ1n) is 9.08. The van der Waals surface area contributed by atoms with Crippen LogP contribution in [0.15, 0.2) is 24.3 Å². The Kier molecular flexibility index (Phi) is 5.92. The van der Waals surface area contributed by atoms with Gasteiger partial charge in [0.1, 0.15) is 0 Å². The van der Waals surface area contributed by atoms with Crippen molar-refractivity contribution in [2.45, 2.75) is 54.1 Å². The molecule has 0 bridgehead atoms. The van der Waals surface area contributed by atoms with E-state index in [1.54, 1.807) is 7.11 Å². The van der Waals surface area contributed by atoms with Crippen LogP contribution in [0.3, 0.4) is 0 Å². The molecule has 0 aliphatic carbocycles. The summed E-state index contributed by atoms with van der Waals surface area (Å²) in [6.45, 7) is 14.4. The van der Waals surface area contributed by atoms with Gasteiger partial charge in [0.05, 0.1) is 6.61 Å². The largest absolute Gasteiger partial charge is 0.463 e. The molecule has 0 amide bonds. The molecule has 0 radical (unpaired) electrons. The highest BCUT2D eigenvalue weighted by Crippen LogP contribution is 2.42. The Morgan fingerprint density at radius 3 is 1.42 bits per heavy atom. The van der Waals surface area contributed by atoms with E-state index in [0.717, 1.165) is 44.5 Å². The Labute approximate surface area is 157 Å². The van der Waals surface area contributed by atoms with Gasteiger partial charge in [0.15, 0.2) is 0 Å². The molecule has 0 atom stereocenters. The van der Waals surface area contributed by atoms with Crippen LogP contribution in [-0.2, 0) is 19.9 Å². The molecule has 0 aromatic heterocycles. The maximum absolute atomic E-state index is 13.3. The maximum Gasteiger partial charge on any atom is 0.347 e. The molecule has 3 heteroatoms. The van der Waals surface area contributed by atoms with Crippen molar-refractivity contribution in [1.29, 1.82) is 0 Å². The highest BCUT2D eigenvalue weighted by Gasteiger charge is 2.48. The fraction of sp³-hybridized carbons (Fsp3) is 0.435. The average molecular weight is 354 g/mol. The summed E-state index contributed by atoms with van der Waals surface area (Å²) in [6.07, 6.45) is 0. The predicted molar refractivity (Wildman–Crippen MR) is 106 cm³/mol. The lowest BCUT2D eigenvalue weighted by molar-refractivity contribution is -0.165. The maximum atomic E-state index is 13.3. The molecule has 0 N–H and O–H groups in total. The van der Waals surface area contributed by atoms with E-state index in [0.29, 0.717) is 6.61 Å². The Bertz CT molecular complexity index is 730. The van der Waals surface area contributed by atoms with Gasteiger partial charge in [0.2, 0.25) is 5.60 Å². The molecule has 0 aliphatic rings. The van der Waals surface area contributed by atoms with Crippen LogP contribution in [0, 0.1) is 41.5 Å². The van der Waals surface area contributed by atoms with Crippen LogP contribution in [0.5, 0.6) is 0 Å². The lowest BCUT2D eigenvalue weighted by Gasteiger charge is -2.36. The van der Waals surface area contributed by atoms with Crippen molar-refractivity contribution < 1.29 is 14.3 Å². The SMILES string of the molecule is CCOC(=O)C(OC)(c1c(C)cc(C)cc1C)c1c(C)cc(C)cc1C. The second-order valence-corrected chi connectivity index (χ2v) is 7.15. The molecular weight excluding hydrogens is 324 g/mol. The van der Waals surface area contributed by atoms with Gasteiger partial charge in [-0.25, -0.2) is 4.79 Å². The van der Waals surface area contributed by atoms with Crippen LogP contribution in [0.25, 0.3) is 0 Å². The van der Waals surface area contributed by atoms with Crippen LogP contribution >= 0.6 is 0 Å². The molecule has 0 aliphatic heterocycles. The van der Waals surface area contributed by atoms with E-state index in [9.17, 15) is 4.79 Å². The molecule has 0 fully saturated rings. The molecular formula is C23H30O3. The van der Waals surface area contributed by atoms with E-state index in [4.69, 9.17) is 9.47 Å². The normalized spacial score (nSPS) is 11.5. The van der Waals surface area contributed by atoms with Crippen LogP contribution in [0.1, 0.15) is 51.4 Å². The molecule has 0 heterocycles. The second-order valence-electron chi connectivity index (χ2n) is 7.15. The topological polar surface area (TPSA) is 35.5 Å². The predicted octanol–water partition coefficient (Wildman–Crippen LogP) is 4.99. The van der Waals surface area contributed by atoms with Crippen LogP contribution in [0.2, 0.25) is 0 Å². The van der Waals surface area contributed by atoms with Gasteiger partial charge in [-0.1, -0.05) is 35.4 Å². The van der Waals surface area contributed by atoms with Crippen molar-refractivity contribution in [3.8, 4) is 0 Å². The Morgan fingerprint density at radius 1 is 0.808 bits per heavy atom. The fourth-order valence-corrected chi connectivity index (χ4v) is 4.32. The first-order valence-corrected chi connectivity index (χ1v) is 9.08. The first-order chi connectivity index (χ1) is 12.2. The van der Waals surface area contributed by atoms with E-state index >= 15 is 0 Å². The van der Waals surface area contributed by atoms with E-state index in [1.165, 1.54) is 0 Å². The zero-order valence-electron chi connectivity index (χ0n) is 17.2. The summed E-state index contributed by atoms with van der Waals surface area (Å²) in [6, 6.07) is 8.37. The van der Waals surface area contributed by atoms with Gasteiger partial charge in [-0.3, -0.25) is 0 Å². The fourth-order valence-electron chi connectivity index (χ4n) is 4.32. The number of benzene rings is 2. The van der Waals surface area contributed by atoms with Crippen LogP contribution < -0.4 is 0 Å². The minimum atomic E-state index is -1.28. The minimum absolute atomic E-state index is 0.303. The summed E-state index contributed by atoms with van der Waals surface area (Å²) in [5.41, 5.74) is 6.89. The van der Waals surface area contributed by atoms with Gasteiger partial charge in [0, 0.05) is 18.2 Å². The number of ether oxygens (including phenoxy) is 2. The third kappa shape index (κ3) is 3.28. The quantitative estimate of drug-likeness (QED) is 0.710. The van der Waals surface area contributed by atoms with Crippen LogP contribution in [-0.4, -0.2) is 19.7 Å². The molecule has 0 spiro atoms. The lowest BCUT2D eigenvalue weighted by Crippen LogP contribution is -2.43. The summed E-state index contributed by atoms with van der Waals surface area (Å²) in [4.78, 5) is 13.3. The number of rotatable bonds is 5. The van der Waals surface area contributed by atoms with Gasteiger partial charge in [-0.2, -0.15) is 0 Å². The summed E-state index contributed by atoms with van der Waals surface area (Å²) < 4.78 is 11.6. The molecule has 2 aromatic carbocycles. The molecule has 2 rings (SSSR count). The average Bonchev–Trinajstić information content (AvgIpc) is 2.51. The number of esters is 1. The van der Waals surface area contributed by atoms with E-state index in [2.05, 4.69) is 38.1 Å². The van der Waals surface area contributed by atoms with Gasteiger partial charge in [-0.15, -0.1) is 0 Å². The number of hydrogen-bond donors (Lipinski definition) is 0. The third-order valence-corrected chi connectivity index (χ3v) is 4.93. The minimum Gasteiger partial charge on any atom is -0.463 e. The molecule has 140 valence electrons. The highest BCUT2D eigenvalue weighted by molar-refractivity contribution is 5.88. The lowest BCUT2D eigenvalue weighted by atomic mass is 9.76. The molecule has 0 saturated carbocycles. The standard InChI is InChI=1S/C23H30O3/c1-9-26-22(24)23(25-8,20-16(4)10-14(2)11-17(20)5)21-18(6)12-15(3)13-19(21)7/h10-13H,9H2,1-8H3. The van der Waals surface area contributed by atoms with Crippen molar-refractivity contribution in [3.05, 3.63) is 68.8 Å². The summed E-state index contributed by atoms with van der Waals surface area (Å²) in [5, 5.41) is 0. The van der Waals surface area contributed by atoms with Gasteiger partial charge in [0.25, 0.3) is 0 Å². The highest BCUT2D eigenvalue weighted by atomic mass is 16.6. The monoisotopic (exact) mass is 354 g/mol. The number of aryl methyl sites for hydroxylation is 6. The van der Waals surface area contributed by atoms with Crippen molar-refractivity contribution in [1.82, 2.24) is 0 Å². The Hall–Kier alpha value is -2.13. The smallest absolute Gasteiger partial charge is 0.347 e. The van der Waals surface area contributed by atoms with Crippen molar-refractivity contribution in [2.75, 3.05) is 13.7 Å². The van der Waals surface area contributed by atoms with Crippen molar-refractivity contribution in [3.63, 3.8) is 0 Å². The summed E-state index contributed by atoms with van der Waals surface area (Å²) in [5.74, 6) is -0.368. The molecule has 26 heavy (non-hydrogen) atoms. The third-order valence-electron chi connectivity index (χ3n) is 4.93. The number of carbonyl (C=O) groups excluding carboxylic acids is 1. The van der Waals surface area contributed by atoms with E-state index < -0.39 is 5.60 Å². The van der Waals surface area contributed by atoms with Crippen LogP contribution in [0.4, 0.5) is 0 Å². The second kappa shape index (κ2) is 7.63. The zero-order chi connectivity index (χ0) is 19.6. The van der Waals surface area contributed by atoms with Gasteiger partial charge < -0.3 is 9.47 Å². The number of carbonyl (C=O) groups is 1. The van der Waals surface area contributed by atoms with Gasteiger partial charge >= 0.3 is 5.97 Å². The zero-order valence-corrected chi connectivity index (χ0v) is 17.2. The van der Waals surface area contributed by atoms with E-state index in [1.807, 2.05) is 34.6 Å². The van der Waals surface area contributed by atoms with Crippen molar-refractivity contribution >= 4 is 5.97 Å². The van der Waals surface area contributed by atoms with E-state index in [-0.39, 0.29) is 5.97 Å². The molecule has 0 saturated heterocycles.